The highest BCUT2D eigenvalue weighted by Gasteiger charge is 2.12. The minimum atomic E-state index is -3.50. The monoisotopic (exact) mass is 384 g/mol. The SMILES string of the molecule is COc1ccc(Nc2ccc(NS(=O)(=O)CCc3ccccc3)nn2)cc1. The lowest BCUT2D eigenvalue weighted by molar-refractivity contribution is 0.415. The van der Waals surface area contributed by atoms with E-state index in [0.29, 0.717) is 12.2 Å². The molecule has 0 atom stereocenters. The second kappa shape index (κ2) is 8.50. The first-order valence-electron chi connectivity index (χ1n) is 8.33. The lowest BCUT2D eigenvalue weighted by Gasteiger charge is -2.09. The van der Waals surface area contributed by atoms with Crippen LogP contribution in [0, 0.1) is 0 Å². The second-order valence-electron chi connectivity index (χ2n) is 5.81. The van der Waals surface area contributed by atoms with E-state index in [4.69, 9.17) is 4.74 Å². The lowest BCUT2D eigenvalue weighted by Crippen LogP contribution is -2.19. The highest BCUT2D eigenvalue weighted by molar-refractivity contribution is 7.92. The van der Waals surface area contributed by atoms with Crippen LogP contribution in [-0.2, 0) is 16.4 Å². The fourth-order valence-corrected chi connectivity index (χ4v) is 3.42. The number of aromatic nitrogens is 2. The Labute approximate surface area is 158 Å². The van der Waals surface area contributed by atoms with Crippen LogP contribution in [0.5, 0.6) is 5.75 Å². The van der Waals surface area contributed by atoms with Gasteiger partial charge < -0.3 is 10.1 Å². The Kier molecular flexibility index (Phi) is 5.87. The highest BCUT2D eigenvalue weighted by Crippen LogP contribution is 2.19. The first-order valence-corrected chi connectivity index (χ1v) is 9.98. The van der Waals surface area contributed by atoms with Crippen molar-refractivity contribution in [2.75, 3.05) is 22.9 Å². The van der Waals surface area contributed by atoms with Crippen molar-refractivity contribution in [2.24, 2.45) is 0 Å². The minimum absolute atomic E-state index is 0.0233. The van der Waals surface area contributed by atoms with Crippen molar-refractivity contribution in [3.63, 3.8) is 0 Å². The second-order valence-corrected chi connectivity index (χ2v) is 7.66. The molecule has 0 bridgehead atoms. The number of nitrogens with one attached hydrogen (secondary N) is 2. The summed E-state index contributed by atoms with van der Waals surface area (Å²) in [7, 11) is -1.89. The summed E-state index contributed by atoms with van der Waals surface area (Å²) in [5.74, 6) is 1.42. The van der Waals surface area contributed by atoms with Gasteiger partial charge in [-0.25, -0.2) is 8.42 Å². The maximum Gasteiger partial charge on any atom is 0.234 e. The van der Waals surface area contributed by atoms with E-state index in [2.05, 4.69) is 20.2 Å². The molecule has 0 aliphatic heterocycles. The third-order valence-electron chi connectivity index (χ3n) is 3.79. The van der Waals surface area contributed by atoms with Crippen LogP contribution in [0.4, 0.5) is 17.3 Å². The summed E-state index contributed by atoms with van der Waals surface area (Å²) < 4.78 is 32.0. The molecule has 0 aliphatic carbocycles. The van der Waals surface area contributed by atoms with E-state index >= 15 is 0 Å². The molecule has 27 heavy (non-hydrogen) atoms. The number of methoxy groups -OCH3 is 1. The minimum Gasteiger partial charge on any atom is -0.497 e. The van der Waals surface area contributed by atoms with E-state index < -0.39 is 10.0 Å². The smallest absolute Gasteiger partial charge is 0.234 e. The molecule has 140 valence electrons. The first kappa shape index (κ1) is 18.7. The van der Waals surface area contributed by atoms with Gasteiger partial charge in [0.2, 0.25) is 10.0 Å². The summed E-state index contributed by atoms with van der Waals surface area (Å²) in [6.07, 6.45) is 0.431. The fraction of sp³-hybridized carbons (Fsp3) is 0.158. The molecule has 1 aromatic heterocycles. The molecule has 0 unspecified atom stereocenters. The number of nitrogens with zero attached hydrogens (tertiary/aromatic N) is 2. The van der Waals surface area contributed by atoms with Gasteiger partial charge >= 0.3 is 0 Å². The Balaban J connectivity index is 1.57. The summed E-state index contributed by atoms with van der Waals surface area (Å²) in [6, 6.07) is 20.0. The van der Waals surface area contributed by atoms with Gasteiger partial charge in [-0.1, -0.05) is 30.3 Å². The fourth-order valence-electron chi connectivity index (χ4n) is 2.38. The van der Waals surface area contributed by atoms with Gasteiger partial charge in [-0.15, -0.1) is 10.2 Å². The Morgan fingerprint density at radius 2 is 1.56 bits per heavy atom. The Morgan fingerprint density at radius 3 is 2.19 bits per heavy atom. The molecule has 2 aromatic carbocycles. The van der Waals surface area contributed by atoms with Gasteiger partial charge in [0.25, 0.3) is 0 Å². The largest absolute Gasteiger partial charge is 0.497 e. The number of benzene rings is 2. The van der Waals surface area contributed by atoms with E-state index in [1.165, 1.54) is 0 Å². The van der Waals surface area contributed by atoms with Crippen LogP contribution >= 0.6 is 0 Å². The van der Waals surface area contributed by atoms with Crippen LogP contribution in [0.2, 0.25) is 0 Å². The molecule has 0 radical (unpaired) electrons. The van der Waals surface area contributed by atoms with Gasteiger partial charge in [-0.3, -0.25) is 4.72 Å². The van der Waals surface area contributed by atoms with Crippen molar-refractivity contribution in [2.45, 2.75) is 6.42 Å². The van der Waals surface area contributed by atoms with E-state index in [-0.39, 0.29) is 11.6 Å². The summed E-state index contributed by atoms with van der Waals surface area (Å²) in [4.78, 5) is 0. The molecule has 0 aliphatic rings. The first-order chi connectivity index (χ1) is 13.0. The molecule has 0 saturated heterocycles. The van der Waals surface area contributed by atoms with Gasteiger partial charge in [0.1, 0.15) is 5.75 Å². The molecule has 3 aromatic rings. The maximum atomic E-state index is 12.2. The molecule has 7 nitrogen and oxygen atoms in total. The molecule has 1 heterocycles. The van der Waals surface area contributed by atoms with Crippen molar-refractivity contribution in [3.05, 3.63) is 72.3 Å². The average Bonchev–Trinajstić information content (AvgIpc) is 2.69. The standard InChI is InChI=1S/C19H20N4O3S/c1-26-17-9-7-16(8-10-17)20-18-11-12-19(22-21-18)23-27(24,25)14-13-15-5-3-2-4-6-15/h2-12H,13-14H2,1H3,(H,20,21)(H,22,23). The number of aryl methyl sites for hydroxylation is 1. The van der Waals surface area contributed by atoms with Gasteiger partial charge in [0.05, 0.1) is 12.9 Å². The number of anilines is 3. The van der Waals surface area contributed by atoms with E-state index in [1.807, 2.05) is 54.6 Å². The zero-order chi connectivity index (χ0) is 19.1. The molecule has 0 amide bonds. The Bertz CT molecular complexity index is 960. The van der Waals surface area contributed by atoms with Crippen molar-refractivity contribution in [1.82, 2.24) is 10.2 Å². The van der Waals surface area contributed by atoms with Crippen LogP contribution in [0.15, 0.2) is 66.7 Å². The average molecular weight is 384 g/mol. The van der Waals surface area contributed by atoms with Crippen molar-refractivity contribution >= 4 is 27.3 Å². The topological polar surface area (TPSA) is 93.2 Å². The third-order valence-corrected chi connectivity index (χ3v) is 5.05. The van der Waals surface area contributed by atoms with Gasteiger partial charge in [-0.2, -0.15) is 0 Å². The molecule has 3 rings (SSSR count). The van der Waals surface area contributed by atoms with Crippen molar-refractivity contribution < 1.29 is 13.2 Å². The van der Waals surface area contributed by atoms with Crippen LogP contribution in [0.3, 0.4) is 0 Å². The van der Waals surface area contributed by atoms with Crippen molar-refractivity contribution in [3.8, 4) is 5.75 Å². The predicted octanol–water partition coefficient (Wildman–Crippen LogP) is 3.21. The van der Waals surface area contributed by atoms with E-state index in [1.54, 1.807) is 19.2 Å². The molecule has 0 spiro atoms. The van der Waals surface area contributed by atoms with Crippen LogP contribution in [0.25, 0.3) is 0 Å². The van der Waals surface area contributed by atoms with Gasteiger partial charge in [0, 0.05) is 5.69 Å². The van der Waals surface area contributed by atoms with Crippen LogP contribution in [0.1, 0.15) is 5.56 Å². The summed E-state index contributed by atoms with van der Waals surface area (Å²) >= 11 is 0. The molecule has 2 N–H and O–H groups in total. The number of rotatable bonds is 8. The quantitative estimate of drug-likeness (QED) is 0.619. The maximum absolute atomic E-state index is 12.2. The molecule has 8 heteroatoms. The highest BCUT2D eigenvalue weighted by atomic mass is 32.2. The zero-order valence-electron chi connectivity index (χ0n) is 14.8. The number of hydrogen-bond acceptors (Lipinski definition) is 6. The number of hydrogen-bond donors (Lipinski definition) is 2. The third kappa shape index (κ3) is 5.68. The van der Waals surface area contributed by atoms with Gasteiger partial charge in [-0.05, 0) is 48.4 Å². The normalized spacial score (nSPS) is 11.0. The lowest BCUT2D eigenvalue weighted by atomic mass is 10.2. The number of ether oxygens (including phenoxy) is 1. The van der Waals surface area contributed by atoms with Gasteiger partial charge in [0.15, 0.2) is 11.6 Å². The van der Waals surface area contributed by atoms with Crippen LogP contribution in [-0.4, -0.2) is 31.5 Å². The molecular weight excluding hydrogens is 364 g/mol. The molecule has 0 fully saturated rings. The Morgan fingerprint density at radius 1 is 0.889 bits per heavy atom. The van der Waals surface area contributed by atoms with E-state index in [0.717, 1.165) is 17.0 Å². The molecule has 0 saturated carbocycles. The van der Waals surface area contributed by atoms with E-state index in [9.17, 15) is 8.42 Å². The van der Waals surface area contributed by atoms with Crippen LogP contribution < -0.4 is 14.8 Å². The zero-order valence-corrected chi connectivity index (χ0v) is 15.6. The predicted molar refractivity (Wildman–Crippen MR) is 106 cm³/mol. The summed E-state index contributed by atoms with van der Waals surface area (Å²) in [5, 5.41) is 11.0. The summed E-state index contributed by atoms with van der Waals surface area (Å²) in [5.41, 5.74) is 1.79. The molecular formula is C19H20N4O3S. The number of sulfonamides is 1. The van der Waals surface area contributed by atoms with Crippen molar-refractivity contribution in [1.29, 1.82) is 0 Å². The summed E-state index contributed by atoms with van der Waals surface area (Å²) in [6.45, 7) is 0. The Hall–Kier alpha value is -3.13.